The van der Waals surface area contributed by atoms with Gasteiger partial charge in [0, 0.05) is 33.3 Å². The summed E-state index contributed by atoms with van der Waals surface area (Å²) in [6.07, 6.45) is 6.37. The van der Waals surface area contributed by atoms with Crippen LogP contribution < -0.4 is 49.1 Å². The van der Waals surface area contributed by atoms with Crippen LogP contribution in [0.3, 0.4) is 0 Å². The van der Waals surface area contributed by atoms with Crippen LogP contribution in [0.1, 0.15) is 22.8 Å². The zero-order chi connectivity index (χ0) is 22.9. The average Bonchev–Trinajstić information content (AvgIpc) is 3.37. The minimum Gasteiger partial charge on any atom is -0.396 e. The Kier molecular flexibility index (Phi) is 5.11. The fourth-order valence-electron chi connectivity index (χ4n) is 4.03. The number of anilines is 3. The maximum Gasteiger partial charge on any atom is 0.0743 e. The van der Waals surface area contributed by atoms with Gasteiger partial charge in [-0.15, -0.1) is 36.6 Å². The molecule has 8 nitrogen and oxygen atoms in total. The molecule has 3 aromatic heterocycles. The van der Waals surface area contributed by atoms with Gasteiger partial charge in [0.25, 0.3) is 0 Å². The highest BCUT2D eigenvalue weighted by Crippen LogP contribution is 2.23. The highest BCUT2D eigenvalue weighted by atomic mass is 31.0. The number of aromatic nitrogens is 3. The molecule has 0 radical (unpaired) electrons. The van der Waals surface area contributed by atoms with Crippen LogP contribution in [0.15, 0.2) is 5.70 Å². The fraction of sp³-hybridized carbons (Fsp3) is 0.100. The van der Waals surface area contributed by atoms with Gasteiger partial charge in [0.1, 0.15) is 0 Å². The Morgan fingerprint density at radius 3 is 2.22 bits per heavy atom. The number of fused-ring (bicyclic) bond motifs is 8. The van der Waals surface area contributed by atoms with Gasteiger partial charge in [0.15, 0.2) is 0 Å². The second-order valence-corrected chi connectivity index (χ2v) is 10.2. The van der Waals surface area contributed by atoms with Gasteiger partial charge in [-0.25, -0.2) is 0 Å². The van der Waals surface area contributed by atoms with E-state index in [0.717, 1.165) is 55.1 Å². The molecule has 0 aliphatic carbocycles. The summed E-state index contributed by atoms with van der Waals surface area (Å²) >= 11 is 0. The summed E-state index contributed by atoms with van der Waals surface area (Å²) in [7, 11) is 11.7. The lowest BCUT2D eigenvalue weighted by atomic mass is 10.1. The van der Waals surface area contributed by atoms with Gasteiger partial charge in [0.05, 0.1) is 62.3 Å². The predicted octanol–water partition coefficient (Wildman–Crippen LogP) is -1.22. The molecule has 5 heterocycles. The molecule has 0 saturated carbocycles. The number of rotatable bonds is 0. The van der Waals surface area contributed by atoms with Crippen LogP contribution in [0.2, 0.25) is 0 Å². The summed E-state index contributed by atoms with van der Waals surface area (Å²) in [5.41, 5.74) is 25.6. The van der Waals surface area contributed by atoms with E-state index in [2.05, 4.69) is 56.9 Å². The van der Waals surface area contributed by atoms with E-state index < -0.39 is 0 Å². The molecule has 0 spiro atoms. The third kappa shape index (κ3) is 3.26. The number of nitrogens with two attached hydrogens (primary N) is 3. The normalized spacial score (nSPS) is 19.2. The Morgan fingerprint density at radius 2 is 1.47 bits per heavy atom. The summed E-state index contributed by atoms with van der Waals surface area (Å²) in [4.78, 5) is 10.2. The van der Waals surface area contributed by atoms with Crippen LogP contribution in [-0.2, 0) is 6.42 Å². The van der Waals surface area contributed by atoms with E-state index in [9.17, 15) is 0 Å². The van der Waals surface area contributed by atoms with E-state index >= 15 is 0 Å². The summed E-state index contributed by atoms with van der Waals surface area (Å²) in [5, 5.41) is 16.9. The van der Waals surface area contributed by atoms with Gasteiger partial charge in [0.2, 0.25) is 0 Å². The Labute approximate surface area is 193 Å². The Balaban J connectivity index is 1.82. The van der Waals surface area contributed by atoms with E-state index in [1.807, 2.05) is 18.2 Å². The molecule has 12 heteroatoms. The van der Waals surface area contributed by atoms with Crippen LogP contribution in [-0.4, -0.2) is 32.0 Å². The van der Waals surface area contributed by atoms with Crippen LogP contribution in [0.4, 0.5) is 17.1 Å². The van der Waals surface area contributed by atoms with Crippen molar-refractivity contribution in [1.29, 1.82) is 5.41 Å². The molecule has 4 atom stereocenters. The zero-order valence-electron chi connectivity index (χ0n) is 17.0. The summed E-state index contributed by atoms with van der Waals surface area (Å²) in [6, 6.07) is -0.213. The maximum absolute atomic E-state index is 8.59. The van der Waals surface area contributed by atoms with Crippen molar-refractivity contribution in [3.8, 4) is 0 Å². The van der Waals surface area contributed by atoms with E-state index in [-0.39, 0.29) is 6.04 Å². The molecule has 164 valence electrons. The standard InChI is InChI=1S/C20H24N8P4/c21-13-5-1-9-17(29)14(22)6(26-9)2-11-19(31)16(24)8(28-11)4-12-20(32)15(23)7(27-12)3-10(25-5)18(13)30/h1-3,8,24-28,31H,4,21-23,29-30,32H2/b5-1?,10-3?,11-2-,24-16?. The molecule has 8 bridgehead atoms. The van der Waals surface area contributed by atoms with Crippen molar-refractivity contribution in [2.45, 2.75) is 12.5 Å². The molecule has 0 aromatic carbocycles. The molecule has 4 unspecified atom stereocenters. The van der Waals surface area contributed by atoms with Crippen LogP contribution in [0.25, 0.3) is 18.2 Å². The number of hydrogen-bond donors (Lipinski definition) is 8. The second-order valence-electron chi connectivity index (χ2n) is 7.94. The average molecular weight is 500 g/mol. The van der Waals surface area contributed by atoms with Crippen molar-refractivity contribution in [1.82, 2.24) is 20.3 Å². The van der Waals surface area contributed by atoms with E-state index in [0.29, 0.717) is 34.5 Å². The molecule has 1 saturated heterocycles. The molecule has 2 aliphatic heterocycles. The van der Waals surface area contributed by atoms with Crippen molar-refractivity contribution in [3.05, 3.63) is 39.2 Å². The first kappa shape index (κ1) is 21.5. The lowest BCUT2D eigenvalue weighted by Crippen LogP contribution is -2.30. The SMILES string of the molecule is N=C1C(=P)/C2=C/c3[nH]c(c(P)c3N)C=c3[nH]c(c(P)c3N)=Cc3[nH]c(c(P)c3N)CC1N2. The maximum atomic E-state index is 8.59. The van der Waals surface area contributed by atoms with Crippen LogP contribution >= 0.6 is 36.6 Å². The van der Waals surface area contributed by atoms with Crippen LogP contribution in [0, 0.1) is 5.41 Å². The minimum absolute atomic E-state index is 0.213. The summed E-state index contributed by atoms with van der Waals surface area (Å²) < 4.78 is 0. The third-order valence-corrected chi connectivity index (χ3v) is 8.40. The van der Waals surface area contributed by atoms with Gasteiger partial charge >= 0.3 is 0 Å². The lowest BCUT2D eigenvalue weighted by molar-refractivity contribution is 0.731. The first-order valence-corrected chi connectivity index (χ1v) is 12.0. The largest absolute Gasteiger partial charge is 0.396 e. The minimum atomic E-state index is -0.213. The highest BCUT2D eigenvalue weighted by molar-refractivity contribution is 7.29. The van der Waals surface area contributed by atoms with Gasteiger partial charge in [-0.2, -0.15) is 0 Å². The third-order valence-electron chi connectivity index (χ3n) is 5.96. The topological polar surface area (TPSA) is 161 Å². The van der Waals surface area contributed by atoms with E-state index in [1.165, 1.54) is 0 Å². The van der Waals surface area contributed by atoms with Gasteiger partial charge < -0.3 is 42.9 Å². The molecule has 5 rings (SSSR count). The molecule has 32 heavy (non-hydrogen) atoms. The first-order valence-electron chi connectivity index (χ1n) is 9.80. The van der Waals surface area contributed by atoms with Crippen molar-refractivity contribution in [3.63, 3.8) is 0 Å². The predicted molar refractivity (Wildman–Crippen MR) is 150 cm³/mol. The molecular formula is C20H24N8P4. The van der Waals surface area contributed by atoms with Gasteiger partial charge in [-0.1, -0.05) is 0 Å². The van der Waals surface area contributed by atoms with Crippen molar-refractivity contribution in [2.75, 3.05) is 17.2 Å². The Hall–Kier alpha value is -2.35. The molecule has 11 N–H and O–H groups in total. The Morgan fingerprint density at radius 1 is 0.812 bits per heavy atom. The number of aromatic amines is 3. The van der Waals surface area contributed by atoms with Crippen molar-refractivity contribution in [2.24, 2.45) is 0 Å². The van der Waals surface area contributed by atoms with Crippen molar-refractivity contribution < 1.29 is 0 Å². The van der Waals surface area contributed by atoms with Gasteiger partial charge in [-0.05, 0) is 18.2 Å². The molecule has 2 aliphatic rings. The molecule has 0 amide bonds. The monoisotopic (exact) mass is 500 g/mol. The fourth-order valence-corrected chi connectivity index (χ4v) is 5.32. The second kappa shape index (κ2) is 7.61. The number of hydrogen-bond acceptors (Lipinski definition) is 5. The van der Waals surface area contributed by atoms with E-state index in [4.69, 9.17) is 22.6 Å². The number of nitrogen functional groups attached to an aromatic ring is 3. The quantitative estimate of drug-likeness (QED) is 0.182. The Bertz CT molecular complexity index is 1490. The van der Waals surface area contributed by atoms with Crippen LogP contribution in [0.5, 0.6) is 0 Å². The summed E-state index contributed by atoms with van der Waals surface area (Å²) in [5.74, 6) is 0. The van der Waals surface area contributed by atoms with Gasteiger partial charge in [-0.3, -0.25) is 0 Å². The first-order chi connectivity index (χ1) is 15.2. The lowest BCUT2D eigenvalue weighted by Gasteiger charge is -2.10. The zero-order valence-corrected chi connectivity index (χ0v) is 21.4. The van der Waals surface area contributed by atoms with E-state index in [1.54, 1.807) is 0 Å². The molecule has 3 aromatic rings. The molecular weight excluding hydrogens is 476 g/mol. The molecule has 1 fully saturated rings. The smallest absolute Gasteiger partial charge is 0.0743 e. The number of nitrogens with one attached hydrogen (secondary N) is 5. The number of H-pyrrole nitrogens is 3. The summed E-state index contributed by atoms with van der Waals surface area (Å²) in [6.45, 7) is 0. The number of allylic oxidation sites excluding steroid dienone is 1. The van der Waals surface area contributed by atoms with Crippen molar-refractivity contribution >= 4 is 98.8 Å². The highest BCUT2D eigenvalue weighted by Gasteiger charge is 2.30.